The second-order valence-corrected chi connectivity index (χ2v) is 3.10. The summed E-state index contributed by atoms with van der Waals surface area (Å²) in [6.07, 6.45) is 9.37. The summed E-state index contributed by atoms with van der Waals surface area (Å²) in [6.45, 7) is 0. The first-order valence-electron chi connectivity index (χ1n) is 4.77. The van der Waals surface area contributed by atoms with Gasteiger partial charge in [-0.3, -0.25) is 0 Å². The van der Waals surface area contributed by atoms with Crippen molar-refractivity contribution in [2.75, 3.05) is 9.62 Å². The van der Waals surface area contributed by atoms with Crippen molar-refractivity contribution in [1.29, 1.82) is 0 Å². The van der Waals surface area contributed by atoms with Crippen molar-refractivity contribution >= 4 is 19.4 Å². The van der Waals surface area contributed by atoms with E-state index in [4.69, 9.17) is 0 Å². The SMILES string of the molecule is [B]1N(c2ncncn2)C=CN1c1ncncn1. The topological polar surface area (TPSA) is 83.8 Å². The molecule has 0 aliphatic carbocycles. The Kier molecular flexibility index (Phi) is 2.34. The second-order valence-electron chi connectivity index (χ2n) is 3.10. The lowest BCUT2D eigenvalue weighted by Gasteiger charge is -2.14. The summed E-state index contributed by atoms with van der Waals surface area (Å²) < 4.78 is 0. The maximum Gasteiger partial charge on any atom is 0.405 e. The van der Waals surface area contributed by atoms with Crippen LogP contribution in [-0.2, 0) is 0 Å². The smallest absolute Gasteiger partial charge is 0.342 e. The molecule has 1 radical (unpaired) electrons. The zero-order valence-electron chi connectivity index (χ0n) is 8.62. The van der Waals surface area contributed by atoms with Crippen LogP contribution in [0, 0.1) is 0 Å². The summed E-state index contributed by atoms with van der Waals surface area (Å²) in [5.74, 6) is 1.07. The van der Waals surface area contributed by atoms with Crippen LogP contribution < -0.4 is 9.62 Å². The van der Waals surface area contributed by atoms with Gasteiger partial charge in [0.05, 0.1) is 0 Å². The number of nitrogens with zero attached hydrogens (tertiary/aromatic N) is 8. The molecule has 0 unspecified atom stereocenters. The fraction of sp³-hybridized carbons (Fsp3) is 0. The van der Waals surface area contributed by atoms with Crippen LogP contribution in [0.5, 0.6) is 0 Å². The highest BCUT2D eigenvalue weighted by molar-refractivity contribution is 6.49. The van der Waals surface area contributed by atoms with Gasteiger partial charge in [0.15, 0.2) is 0 Å². The zero-order valence-corrected chi connectivity index (χ0v) is 8.62. The van der Waals surface area contributed by atoms with Gasteiger partial charge < -0.3 is 9.62 Å². The van der Waals surface area contributed by atoms with Crippen molar-refractivity contribution in [2.45, 2.75) is 0 Å². The van der Waals surface area contributed by atoms with E-state index in [0.717, 1.165) is 0 Å². The molecule has 0 atom stereocenters. The van der Waals surface area contributed by atoms with Crippen LogP contribution in [0.4, 0.5) is 11.9 Å². The van der Waals surface area contributed by atoms with E-state index in [9.17, 15) is 0 Å². The molecule has 0 saturated carbocycles. The molecule has 0 N–H and O–H groups in total. The van der Waals surface area contributed by atoms with Crippen molar-refractivity contribution in [3.05, 3.63) is 37.7 Å². The van der Waals surface area contributed by atoms with Crippen LogP contribution in [0.25, 0.3) is 0 Å². The van der Waals surface area contributed by atoms with E-state index >= 15 is 0 Å². The van der Waals surface area contributed by atoms with Crippen molar-refractivity contribution in [2.24, 2.45) is 0 Å². The minimum Gasteiger partial charge on any atom is -0.342 e. The summed E-state index contributed by atoms with van der Waals surface area (Å²) in [5, 5.41) is 0. The molecule has 81 valence electrons. The lowest BCUT2D eigenvalue weighted by atomic mass is 10.1. The van der Waals surface area contributed by atoms with E-state index in [2.05, 4.69) is 29.9 Å². The summed E-state index contributed by atoms with van der Waals surface area (Å²) in [5.41, 5.74) is 0. The Morgan fingerprint density at radius 1 is 0.706 bits per heavy atom. The third-order valence-electron chi connectivity index (χ3n) is 2.06. The first-order chi connectivity index (χ1) is 8.43. The molecule has 0 saturated heterocycles. The molecule has 1 aliphatic heterocycles. The molecule has 0 amide bonds. The number of hydrogen-bond donors (Lipinski definition) is 0. The summed E-state index contributed by atoms with van der Waals surface area (Å²) in [4.78, 5) is 27.1. The van der Waals surface area contributed by atoms with E-state index in [1.54, 1.807) is 29.6 Å². The monoisotopic (exact) mass is 225 g/mol. The van der Waals surface area contributed by atoms with Crippen LogP contribution in [0.1, 0.15) is 0 Å². The summed E-state index contributed by atoms with van der Waals surface area (Å²) in [6, 6.07) is 0. The van der Waals surface area contributed by atoms with Gasteiger partial charge in [-0.05, 0) is 0 Å². The normalized spacial score (nSPS) is 13.9. The first kappa shape index (κ1) is 9.64. The third kappa shape index (κ3) is 1.89. The minimum atomic E-state index is 0.535. The molecule has 1 aliphatic rings. The molecule has 9 heteroatoms. The van der Waals surface area contributed by atoms with Crippen molar-refractivity contribution in [1.82, 2.24) is 29.9 Å². The van der Waals surface area contributed by atoms with E-state index in [1.165, 1.54) is 25.3 Å². The van der Waals surface area contributed by atoms with Crippen LogP contribution in [0.15, 0.2) is 37.7 Å². The molecule has 0 aromatic carbocycles. The van der Waals surface area contributed by atoms with Crippen LogP contribution in [-0.4, -0.2) is 37.5 Å². The molecule has 8 nitrogen and oxygen atoms in total. The Hall–Kier alpha value is -2.58. The molecule has 0 fully saturated rings. The van der Waals surface area contributed by atoms with Gasteiger partial charge in [0.2, 0.25) is 11.9 Å². The molecule has 3 heterocycles. The molecule has 0 spiro atoms. The quantitative estimate of drug-likeness (QED) is 0.625. The van der Waals surface area contributed by atoms with Gasteiger partial charge in [-0.25, -0.2) is 29.9 Å². The average molecular weight is 225 g/mol. The van der Waals surface area contributed by atoms with Crippen molar-refractivity contribution in [3.63, 3.8) is 0 Å². The lowest BCUT2D eigenvalue weighted by molar-refractivity contribution is 1.02. The van der Waals surface area contributed by atoms with Crippen LogP contribution in [0.3, 0.4) is 0 Å². The second kappa shape index (κ2) is 4.12. The molecule has 17 heavy (non-hydrogen) atoms. The molecule has 2 aromatic rings. The number of anilines is 2. The van der Waals surface area contributed by atoms with Gasteiger partial charge in [-0.2, -0.15) is 0 Å². The summed E-state index contributed by atoms with van der Waals surface area (Å²) >= 11 is 0. The summed E-state index contributed by atoms with van der Waals surface area (Å²) in [7, 11) is 1.77. The highest BCUT2D eigenvalue weighted by Gasteiger charge is 2.21. The van der Waals surface area contributed by atoms with Gasteiger partial charge >= 0.3 is 7.55 Å². The van der Waals surface area contributed by atoms with E-state index in [0.29, 0.717) is 11.9 Å². The van der Waals surface area contributed by atoms with Gasteiger partial charge in [0.1, 0.15) is 25.3 Å². The van der Waals surface area contributed by atoms with Gasteiger partial charge in [-0.15, -0.1) is 0 Å². The Bertz CT molecular complexity index is 470. The number of aromatic nitrogens is 6. The first-order valence-corrected chi connectivity index (χ1v) is 4.77. The van der Waals surface area contributed by atoms with Crippen molar-refractivity contribution in [3.8, 4) is 0 Å². The maximum absolute atomic E-state index is 4.03. The Balaban J connectivity index is 1.78. The van der Waals surface area contributed by atoms with Crippen LogP contribution >= 0.6 is 0 Å². The van der Waals surface area contributed by atoms with Crippen LogP contribution in [0.2, 0.25) is 0 Å². The number of rotatable bonds is 2. The predicted octanol–water partition coefficient (Wildman–Crippen LogP) is -0.611. The number of hydrogen-bond acceptors (Lipinski definition) is 8. The van der Waals surface area contributed by atoms with E-state index < -0.39 is 0 Å². The highest BCUT2D eigenvalue weighted by atomic mass is 15.3. The van der Waals surface area contributed by atoms with Gasteiger partial charge in [0, 0.05) is 12.4 Å². The van der Waals surface area contributed by atoms with Crippen molar-refractivity contribution < 1.29 is 0 Å². The molecule has 0 bridgehead atoms. The zero-order chi connectivity index (χ0) is 11.5. The van der Waals surface area contributed by atoms with Gasteiger partial charge in [0.25, 0.3) is 0 Å². The molecular formula is C8H6BN8. The lowest BCUT2D eigenvalue weighted by Crippen LogP contribution is -2.31. The van der Waals surface area contributed by atoms with E-state index in [1.807, 2.05) is 0 Å². The Labute approximate surface area is 97.4 Å². The highest BCUT2D eigenvalue weighted by Crippen LogP contribution is 2.14. The minimum absolute atomic E-state index is 0.535. The van der Waals surface area contributed by atoms with Gasteiger partial charge in [-0.1, -0.05) is 0 Å². The largest absolute Gasteiger partial charge is 0.405 e. The van der Waals surface area contributed by atoms with E-state index in [-0.39, 0.29) is 0 Å². The molecule has 2 aromatic heterocycles. The Morgan fingerprint density at radius 3 is 1.53 bits per heavy atom. The predicted molar refractivity (Wildman–Crippen MR) is 59.5 cm³/mol. The standard InChI is InChI=1S/C8H6BN8/c1-2-17(8-14-5-11-6-15-8)9-16(1)7-12-3-10-4-13-7/h1-6H. The Morgan fingerprint density at radius 2 is 1.12 bits per heavy atom. The fourth-order valence-corrected chi connectivity index (χ4v) is 1.32. The molecular weight excluding hydrogens is 219 g/mol. The molecule has 3 rings (SSSR count). The third-order valence-corrected chi connectivity index (χ3v) is 2.06. The average Bonchev–Trinajstić information content (AvgIpc) is 2.90. The fourth-order valence-electron chi connectivity index (χ4n) is 1.32. The maximum atomic E-state index is 4.03.